The lowest BCUT2D eigenvalue weighted by atomic mass is 10.1. The summed E-state index contributed by atoms with van der Waals surface area (Å²) in [6.07, 6.45) is 3.97. The zero-order chi connectivity index (χ0) is 20.3. The van der Waals surface area contributed by atoms with Gasteiger partial charge in [0, 0.05) is 29.7 Å². The molecule has 0 saturated heterocycles. The average Bonchev–Trinajstić information content (AvgIpc) is 3.00. The van der Waals surface area contributed by atoms with Crippen molar-refractivity contribution in [1.29, 1.82) is 0 Å². The fourth-order valence-corrected chi connectivity index (χ4v) is 3.16. The fraction of sp³-hybridized carbons (Fsp3) is 0.286. The van der Waals surface area contributed by atoms with Gasteiger partial charge < -0.3 is 14.8 Å². The Morgan fingerprint density at radius 1 is 1.43 bits per heavy atom. The van der Waals surface area contributed by atoms with Crippen molar-refractivity contribution < 1.29 is 19.2 Å². The van der Waals surface area contributed by atoms with Gasteiger partial charge in [-0.05, 0) is 45.0 Å². The molecule has 28 heavy (non-hydrogen) atoms. The summed E-state index contributed by atoms with van der Waals surface area (Å²) in [5.74, 6) is 1.10. The van der Waals surface area contributed by atoms with Crippen molar-refractivity contribution in [3.63, 3.8) is 0 Å². The van der Waals surface area contributed by atoms with E-state index in [2.05, 4.69) is 5.32 Å². The van der Waals surface area contributed by atoms with Crippen LogP contribution >= 0.6 is 0 Å². The first-order valence-corrected chi connectivity index (χ1v) is 9.08. The van der Waals surface area contributed by atoms with Crippen molar-refractivity contribution in [3.8, 4) is 11.5 Å². The summed E-state index contributed by atoms with van der Waals surface area (Å²) < 4.78 is 11.5. The minimum atomic E-state index is -0.471. The average molecular weight is 382 g/mol. The van der Waals surface area contributed by atoms with Gasteiger partial charge in [0.2, 0.25) is 5.91 Å². The number of nitrogens with zero attached hydrogens (tertiary/aromatic N) is 1. The molecule has 1 amide bonds. The third-order valence-corrected chi connectivity index (χ3v) is 4.50. The number of hydrogen-bond acceptors (Lipinski definition) is 5. The van der Waals surface area contributed by atoms with E-state index in [4.69, 9.17) is 9.47 Å². The van der Waals surface area contributed by atoms with E-state index in [-0.39, 0.29) is 17.7 Å². The van der Waals surface area contributed by atoms with Gasteiger partial charge in [-0.15, -0.1) is 0 Å². The predicted octanol–water partition coefficient (Wildman–Crippen LogP) is 4.28. The molecule has 0 aliphatic carbocycles. The van der Waals surface area contributed by atoms with Crippen molar-refractivity contribution in [2.75, 3.05) is 11.9 Å². The fourth-order valence-electron chi connectivity index (χ4n) is 3.16. The maximum atomic E-state index is 12.3. The minimum absolute atomic E-state index is 0.0368. The second-order valence-electron chi connectivity index (χ2n) is 6.59. The molecule has 146 valence electrons. The van der Waals surface area contributed by atoms with Crippen LogP contribution in [0.4, 0.5) is 11.4 Å². The van der Waals surface area contributed by atoms with E-state index in [9.17, 15) is 14.9 Å². The highest BCUT2D eigenvalue weighted by molar-refractivity contribution is 6.02. The highest BCUT2D eigenvalue weighted by atomic mass is 16.6. The van der Waals surface area contributed by atoms with Crippen molar-refractivity contribution in [3.05, 3.63) is 63.2 Å². The first-order valence-electron chi connectivity index (χ1n) is 9.08. The molecule has 3 rings (SSSR count). The molecule has 0 bridgehead atoms. The van der Waals surface area contributed by atoms with Crippen LogP contribution in [0.5, 0.6) is 11.5 Å². The molecule has 0 aromatic heterocycles. The van der Waals surface area contributed by atoms with Crippen molar-refractivity contribution in [1.82, 2.24) is 0 Å². The molecule has 1 atom stereocenters. The Labute approximate surface area is 163 Å². The summed E-state index contributed by atoms with van der Waals surface area (Å²) in [6.45, 7) is 6.01. The van der Waals surface area contributed by atoms with E-state index in [1.165, 1.54) is 18.2 Å². The molecule has 1 aliphatic heterocycles. The van der Waals surface area contributed by atoms with Gasteiger partial charge in [-0.3, -0.25) is 14.9 Å². The minimum Gasteiger partial charge on any atom is -0.493 e. The number of benzene rings is 2. The van der Waals surface area contributed by atoms with Gasteiger partial charge in [0.1, 0.15) is 17.6 Å². The van der Waals surface area contributed by atoms with Crippen molar-refractivity contribution in [2.24, 2.45) is 0 Å². The van der Waals surface area contributed by atoms with Crippen LogP contribution in [0.15, 0.2) is 36.4 Å². The summed E-state index contributed by atoms with van der Waals surface area (Å²) in [7, 11) is 0. The lowest BCUT2D eigenvalue weighted by Gasteiger charge is -2.10. The van der Waals surface area contributed by atoms with Gasteiger partial charge in [-0.2, -0.15) is 0 Å². The SMILES string of the molecule is CCOc1cc2c(cc1/C=C/C(=O)Nc1cccc([N+](=O)[O-])c1C)O[C@@H](C)C2. The van der Waals surface area contributed by atoms with Crippen LogP contribution in [0.3, 0.4) is 0 Å². The van der Waals surface area contributed by atoms with Gasteiger partial charge >= 0.3 is 0 Å². The number of nitro groups is 1. The molecule has 2 aromatic rings. The standard InChI is InChI=1S/C21H22N2O5/c1-4-27-19-12-16-10-13(2)28-20(16)11-15(19)8-9-21(24)22-17-6-5-7-18(14(17)3)23(25)26/h5-9,11-13H,4,10H2,1-3H3,(H,22,24)/b9-8+/t13-/m0/s1. The quantitative estimate of drug-likeness (QED) is 0.457. The number of amides is 1. The summed E-state index contributed by atoms with van der Waals surface area (Å²) in [5.41, 5.74) is 2.60. The number of nitrogens with one attached hydrogen (secondary N) is 1. The molecule has 0 saturated carbocycles. The van der Waals surface area contributed by atoms with Crippen LogP contribution in [-0.2, 0) is 11.2 Å². The molecule has 2 aromatic carbocycles. The van der Waals surface area contributed by atoms with Crippen molar-refractivity contribution in [2.45, 2.75) is 33.3 Å². The largest absolute Gasteiger partial charge is 0.493 e. The maximum absolute atomic E-state index is 12.3. The molecule has 1 aliphatic rings. The highest BCUT2D eigenvalue weighted by Crippen LogP contribution is 2.35. The van der Waals surface area contributed by atoms with Gasteiger partial charge in [0.05, 0.1) is 22.8 Å². The van der Waals surface area contributed by atoms with Gasteiger partial charge in [-0.1, -0.05) is 6.07 Å². The summed E-state index contributed by atoms with van der Waals surface area (Å²) in [5, 5.41) is 13.7. The number of anilines is 1. The molecule has 1 heterocycles. The third kappa shape index (κ3) is 4.14. The van der Waals surface area contributed by atoms with E-state index in [0.29, 0.717) is 23.6 Å². The van der Waals surface area contributed by atoms with Crippen molar-refractivity contribution >= 4 is 23.4 Å². The summed E-state index contributed by atoms with van der Waals surface area (Å²) >= 11 is 0. The smallest absolute Gasteiger partial charge is 0.274 e. The first kappa shape index (κ1) is 19.4. The van der Waals surface area contributed by atoms with Crippen LogP contribution in [0.25, 0.3) is 6.08 Å². The number of ether oxygens (including phenoxy) is 2. The van der Waals surface area contributed by atoms with Crippen LogP contribution < -0.4 is 14.8 Å². The Morgan fingerprint density at radius 3 is 2.93 bits per heavy atom. The molecule has 7 nitrogen and oxygen atoms in total. The van der Waals surface area contributed by atoms with E-state index in [1.807, 2.05) is 26.0 Å². The lowest BCUT2D eigenvalue weighted by Crippen LogP contribution is -2.09. The lowest BCUT2D eigenvalue weighted by molar-refractivity contribution is -0.385. The van der Waals surface area contributed by atoms with Gasteiger partial charge in [0.25, 0.3) is 5.69 Å². The maximum Gasteiger partial charge on any atom is 0.274 e. The molecule has 0 fully saturated rings. The predicted molar refractivity (Wildman–Crippen MR) is 107 cm³/mol. The molecule has 0 spiro atoms. The van der Waals surface area contributed by atoms with E-state index in [0.717, 1.165) is 23.3 Å². The normalized spacial score (nSPS) is 15.2. The molecule has 1 N–H and O–H groups in total. The Kier molecular flexibility index (Phi) is 5.63. The Morgan fingerprint density at radius 2 is 2.21 bits per heavy atom. The third-order valence-electron chi connectivity index (χ3n) is 4.50. The first-order chi connectivity index (χ1) is 13.4. The Balaban J connectivity index is 1.80. The second kappa shape index (κ2) is 8.12. The van der Waals surface area contributed by atoms with E-state index >= 15 is 0 Å². The Bertz CT molecular complexity index is 952. The zero-order valence-corrected chi connectivity index (χ0v) is 16.0. The number of hydrogen-bond donors (Lipinski definition) is 1. The van der Waals surface area contributed by atoms with E-state index in [1.54, 1.807) is 19.1 Å². The summed E-state index contributed by atoms with van der Waals surface area (Å²) in [6, 6.07) is 8.39. The number of carbonyl (C=O) groups is 1. The van der Waals surface area contributed by atoms with E-state index < -0.39 is 4.92 Å². The van der Waals surface area contributed by atoms with Crippen LogP contribution in [-0.4, -0.2) is 23.5 Å². The molecule has 7 heteroatoms. The molecule has 0 radical (unpaired) electrons. The van der Waals surface area contributed by atoms with Gasteiger partial charge in [0.15, 0.2) is 0 Å². The Hall–Kier alpha value is -3.35. The molecular formula is C21H22N2O5. The highest BCUT2D eigenvalue weighted by Gasteiger charge is 2.21. The molecular weight excluding hydrogens is 360 g/mol. The zero-order valence-electron chi connectivity index (χ0n) is 16.0. The van der Waals surface area contributed by atoms with Crippen LogP contribution in [0.1, 0.15) is 30.5 Å². The van der Waals surface area contributed by atoms with Crippen LogP contribution in [0, 0.1) is 17.0 Å². The van der Waals surface area contributed by atoms with Crippen LogP contribution in [0.2, 0.25) is 0 Å². The monoisotopic (exact) mass is 382 g/mol. The number of rotatable bonds is 6. The number of nitro benzene ring substituents is 1. The number of fused-ring (bicyclic) bond motifs is 1. The van der Waals surface area contributed by atoms with Gasteiger partial charge in [-0.25, -0.2) is 0 Å². The molecule has 0 unspecified atom stereocenters. The summed E-state index contributed by atoms with van der Waals surface area (Å²) in [4.78, 5) is 22.9. The number of carbonyl (C=O) groups excluding carboxylic acids is 1. The second-order valence-corrected chi connectivity index (χ2v) is 6.59. The topological polar surface area (TPSA) is 90.7 Å².